The van der Waals surface area contributed by atoms with Crippen LogP contribution in [0.1, 0.15) is 11.3 Å². The molecule has 0 aliphatic rings. The van der Waals surface area contributed by atoms with Crippen molar-refractivity contribution in [2.45, 2.75) is 12.3 Å². The zero-order valence-electron chi connectivity index (χ0n) is 5.67. The van der Waals surface area contributed by atoms with E-state index < -0.39 is 0 Å². The minimum Gasteiger partial charge on any atom is -0.262 e. The molecule has 0 bridgehead atoms. The molecule has 0 fully saturated rings. The highest BCUT2D eigenvalue weighted by Crippen LogP contribution is 2.04. The van der Waals surface area contributed by atoms with Crippen molar-refractivity contribution in [3.05, 3.63) is 29.6 Å². The van der Waals surface area contributed by atoms with Crippen LogP contribution in [0.25, 0.3) is 0 Å². The molecule has 0 amide bonds. The Morgan fingerprint density at radius 1 is 1.60 bits per heavy atom. The highest BCUT2D eigenvalue weighted by atomic mass is 79.9. The number of aromatic nitrogens is 1. The van der Waals surface area contributed by atoms with Gasteiger partial charge in [-0.15, -0.1) is 12.4 Å². The van der Waals surface area contributed by atoms with Crippen LogP contribution >= 0.6 is 28.3 Å². The van der Waals surface area contributed by atoms with E-state index in [0.29, 0.717) is 0 Å². The van der Waals surface area contributed by atoms with Gasteiger partial charge >= 0.3 is 0 Å². The van der Waals surface area contributed by atoms with Crippen molar-refractivity contribution in [3.63, 3.8) is 0 Å². The summed E-state index contributed by atoms with van der Waals surface area (Å²) in [6.07, 6.45) is 1.83. The van der Waals surface area contributed by atoms with Gasteiger partial charge in [0.2, 0.25) is 0 Å². The van der Waals surface area contributed by atoms with E-state index >= 15 is 0 Å². The Morgan fingerprint density at radius 2 is 2.30 bits per heavy atom. The standard InChI is InChI=1S/C7H8BrN.ClH/c1-6-4-7(5-8)2-3-9-6;/h2-4H,5H2,1H3;1H. The Bertz CT molecular complexity index is 203. The molecule has 1 aromatic rings. The fourth-order valence-electron chi connectivity index (χ4n) is 0.687. The summed E-state index contributed by atoms with van der Waals surface area (Å²) in [6, 6.07) is 4.07. The summed E-state index contributed by atoms with van der Waals surface area (Å²) in [5.74, 6) is 0. The highest BCUT2D eigenvalue weighted by molar-refractivity contribution is 9.08. The molecule has 0 N–H and O–H groups in total. The highest BCUT2D eigenvalue weighted by Gasteiger charge is 1.87. The van der Waals surface area contributed by atoms with Gasteiger partial charge in [0.05, 0.1) is 0 Å². The molecule has 56 valence electrons. The lowest BCUT2D eigenvalue weighted by Crippen LogP contribution is -1.81. The van der Waals surface area contributed by atoms with E-state index in [-0.39, 0.29) is 12.4 Å². The summed E-state index contributed by atoms with van der Waals surface area (Å²) in [5.41, 5.74) is 2.36. The van der Waals surface area contributed by atoms with E-state index in [2.05, 4.69) is 27.0 Å². The fraction of sp³-hybridized carbons (Fsp3) is 0.286. The number of alkyl halides is 1. The van der Waals surface area contributed by atoms with Crippen molar-refractivity contribution in [2.75, 3.05) is 0 Å². The van der Waals surface area contributed by atoms with Crippen LogP contribution in [-0.2, 0) is 5.33 Å². The minimum absolute atomic E-state index is 0. The molecule has 3 heteroatoms. The van der Waals surface area contributed by atoms with Crippen molar-refractivity contribution in [1.82, 2.24) is 4.98 Å². The lowest BCUT2D eigenvalue weighted by Gasteiger charge is -1.93. The second kappa shape index (κ2) is 4.69. The third-order valence-corrected chi connectivity index (χ3v) is 1.76. The first-order chi connectivity index (χ1) is 4.33. The third kappa shape index (κ3) is 2.67. The van der Waals surface area contributed by atoms with Crippen LogP contribution in [-0.4, -0.2) is 4.98 Å². The van der Waals surface area contributed by atoms with Crippen LogP contribution < -0.4 is 0 Å². The van der Waals surface area contributed by atoms with Crippen LogP contribution in [0, 0.1) is 6.92 Å². The molecule has 0 saturated carbocycles. The molecule has 0 aliphatic heterocycles. The monoisotopic (exact) mass is 221 g/mol. The van der Waals surface area contributed by atoms with Crippen molar-refractivity contribution in [3.8, 4) is 0 Å². The Kier molecular flexibility index (Phi) is 4.65. The smallest absolute Gasteiger partial charge is 0.0375 e. The van der Waals surface area contributed by atoms with Crippen LogP contribution in [0.4, 0.5) is 0 Å². The fourth-order valence-corrected chi connectivity index (χ4v) is 1.04. The molecule has 0 radical (unpaired) electrons. The summed E-state index contributed by atoms with van der Waals surface area (Å²) >= 11 is 3.36. The first-order valence-electron chi connectivity index (χ1n) is 2.80. The Morgan fingerprint density at radius 3 is 2.70 bits per heavy atom. The maximum atomic E-state index is 4.07. The van der Waals surface area contributed by atoms with E-state index in [1.165, 1.54) is 5.56 Å². The van der Waals surface area contributed by atoms with Gasteiger partial charge in [-0.05, 0) is 24.6 Å². The van der Waals surface area contributed by atoms with Crippen LogP contribution in [0.5, 0.6) is 0 Å². The molecule has 1 nitrogen and oxygen atoms in total. The SMILES string of the molecule is Cc1cc(CBr)ccn1.Cl. The van der Waals surface area contributed by atoms with E-state index in [9.17, 15) is 0 Å². The average Bonchev–Trinajstić information content (AvgIpc) is 1.88. The molecule has 0 aliphatic carbocycles. The predicted octanol–water partition coefficient (Wildman–Crippen LogP) is 2.71. The van der Waals surface area contributed by atoms with Gasteiger partial charge in [0.15, 0.2) is 0 Å². The van der Waals surface area contributed by atoms with Gasteiger partial charge in [0.1, 0.15) is 0 Å². The van der Waals surface area contributed by atoms with Gasteiger partial charge in [-0.1, -0.05) is 15.9 Å². The molecular weight excluding hydrogens is 213 g/mol. The lowest BCUT2D eigenvalue weighted by molar-refractivity contribution is 1.17. The molecule has 0 unspecified atom stereocenters. The normalized spacial score (nSPS) is 8.60. The minimum atomic E-state index is 0. The summed E-state index contributed by atoms with van der Waals surface area (Å²) in [5, 5.41) is 0.913. The molecule has 1 aromatic heterocycles. The Balaban J connectivity index is 0.000000810. The van der Waals surface area contributed by atoms with Crippen LogP contribution in [0.3, 0.4) is 0 Å². The topological polar surface area (TPSA) is 12.9 Å². The van der Waals surface area contributed by atoms with Gasteiger partial charge in [0.25, 0.3) is 0 Å². The number of rotatable bonds is 1. The predicted molar refractivity (Wildman–Crippen MR) is 48.9 cm³/mol. The Labute approximate surface area is 75.4 Å². The van der Waals surface area contributed by atoms with Crippen molar-refractivity contribution >= 4 is 28.3 Å². The molecule has 1 heterocycles. The van der Waals surface area contributed by atoms with Crippen molar-refractivity contribution in [1.29, 1.82) is 0 Å². The quantitative estimate of drug-likeness (QED) is 0.666. The molecule has 0 atom stereocenters. The summed E-state index contributed by atoms with van der Waals surface area (Å²) in [4.78, 5) is 4.07. The Hall–Kier alpha value is -0.0800. The zero-order valence-corrected chi connectivity index (χ0v) is 8.08. The second-order valence-corrected chi connectivity index (χ2v) is 2.50. The van der Waals surface area contributed by atoms with E-state index in [0.717, 1.165) is 11.0 Å². The van der Waals surface area contributed by atoms with Crippen molar-refractivity contribution in [2.24, 2.45) is 0 Å². The average molecular weight is 223 g/mol. The maximum absolute atomic E-state index is 4.07. The number of nitrogens with zero attached hydrogens (tertiary/aromatic N) is 1. The third-order valence-electron chi connectivity index (χ3n) is 1.12. The molecule has 0 saturated heterocycles. The first-order valence-corrected chi connectivity index (χ1v) is 3.92. The summed E-state index contributed by atoms with van der Waals surface area (Å²) in [6.45, 7) is 1.99. The molecule has 0 spiro atoms. The van der Waals surface area contributed by atoms with Gasteiger partial charge in [0, 0.05) is 17.2 Å². The van der Waals surface area contributed by atoms with E-state index in [1.807, 2.05) is 19.2 Å². The lowest BCUT2D eigenvalue weighted by atomic mass is 10.3. The maximum Gasteiger partial charge on any atom is 0.0375 e. The number of aryl methyl sites for hydroxylation is 1. The molecule has 0 aromatic carbocycles. The molecular formula is C7H9BrClN. The van der Waals surface area contributed by atoms with Gasteiger partial charge in [-0.2, -0.15) is 0 Å². The molecule has 1 rings (SSSR count). The van der Waals surface area contributed by atoms with Crippen molar-refractivity contribution < 1.29 is 0 Å². The summed E-state index contributed by atoms with van der Waals surface area (Å²) < 4.78 is 0. The van der Waals surface area contributed by atoms with Gasteiger partial charge in [-0.25, -0.2) is 0 Å². The molecule has 10 heavy (non-hydrogen) atoms. The first kappa shape index (κ1) is 9.92. The van der Waals surface area contributed by atoms with Gasteiger partial charge in [-0.3, -0.25) is 4.98 Å². The number of hydrogen-bond donors (Lipinski definition) is 0. The van der Waals surface area contributed by atoms with Gasteiger partial charge < -0.3 is 0 Å². The zero-order chi connectivity index (χ0) is 6.69. The second-order valence-electron chi connectivity index (χ2n) is 1.94. The van der Waals surface area contributed by atoms with Crippen LogP contribution in [0.2, 0.25) is 0 Å². The summed E-state index contributed by atoms with van der Waals surface area (Å²) in [7, 11) is 0. The largest absolute Gasteiger partial charge is 0.262 e. The van der Waals surface area contributed by atoms with E-state index in [4.69, 9.17) is 0 Å². The number of pyridine rings is 1. The number of halogens is 2. The number of hydrogen-bond acceptors (Lipinski definition) is 1. The van der Waals surface area contributed by atoms with E-state index in [1.54, 1.807) is 0 Å². The van der Waals surface area contributed by atoms with Crippen LogP contribution in [0.15, 0.2) is 18.3 Å².